The Morgan fingerprint density at radius 1 is 0.368 bits per heavy atom. The monoisotopic (exact) mass is 940 g/mol. The molecule has 0 saturated heterocycles. The Kier molecular flexibility index (Phi) is 55.4. The van der Waals surface area contributed by atoms with Gasteiger partial charge in [-0.3, -0.25) is 4.79 Å². The smallest absolute Gasteiger partial charge is 0.220 e. The van der Waals surface area contributed by atoms with E-state index in [0.717, 1.165) is 96.3 Å². The van der Waals surface area contributed by atoms with Gasteiger partial charge in [-0.1, -0.05) is 283 Å². The predicted molar refractivity (Wildman–Crippen MR) is 303 cm³/mol. The highest BCUT2D eigenvalue weighted by Gasteiger charge is 2.18. The molecule has 0 bridgehead atoms. The van der Waals surface area contributed by atoms with Gasteiger partial charge in [0.15, 0.2) is 0 Å². The van der Waals surface area contributed by atoms with E-state index >= 15 is 0 Å². The molecule has 0 heterocycles. The van der Waals surface area contributed by atoms with Gasteiger partial charge < -0.3 is 15.5 Å². The molecule has 2 atom stereocenters. The number of hydrogen-bond donors (Lipinski definition) is 3. The molecule has 0 spiro atoms. The first-order valence-electron chi connectivity index (χ1n) is 28.7. The minimum absolute atomic E-state index is 0.0859. The van der Waals surface area contributed by atoms with Crippen molar-refractivity contribution in [1.29, 1.82) is 0 Å². The summed E-state index contributed by atoms with van der Waals surface area (Å²) in [6.07, 6.45) is 89.2. The van der Waals surface area contributed by atoms with Crippen LogP contribution in [0.15, 0.2) is 122 Å². The molecular formula is C64H109NO3. The zero-order valence-electron chi connectivity index (χ0n) is 44.6. The lowest BCUT2D eigenvalue weighted by Crippen LogP contribution is -2.45. The molecular weight excluding hydrogens is 831 g/mol. The van der Waals surface area contributed by atoms with Crippen molar-refractivity contribution in [2.75, 3.05) is 6.61 Å². The molecule has 68 heavy (non-hydrogen) atoms. The molecule has 4 heteroatoms. The average Bonchev–Trinajstić information content (AvgIpc) is 3.34. The molecule has 0 aliphatic rings. The van der Waals surface area contributed by atoms with Crippen LogP contribution in [-0.4, -0.2) is 34.9 Å². The second kappa shape index (κ2) is 58.1. The molecule has 3 N–H and O–H groups in total. The minimum atomic E-state index is -0.858. The first-order valence-corrected chi connectivity index (χ1v) is 28.7. The lowest BCUT2D eigenvalue weighted by molar-refractivity contribution is -0.123. The SMILES string of the molecule is CC/C=C\C/C=C\C/C=C\C/C=C\C/C=C\C/C=C\C/C=C\C/C=C\C/C=C\CCCCCCCC(=O)NC(CO)C(O)/C=C/CCCCCCCCCCCCCCCCCCCCCCC. The van der Waals surface area contributed by atoms with Crippen molar-refractivity contribution in [3.63, 3.8) is 0 Å². The summed E-state index contributed by atoms with van der Waals surface area (Å²) in [6.45, 7) is 4.20. The van der Waals surface area contributed by atoms with E-state index in [1.165, 1.54) is 141 Å². The van der Waals surface area contributed by atoms with Crippen LogP contribution in [0.1, 0.15) is 258 Å². The molecule has 0 aromatic carbocycles. The van der Waals surface area contributed by atoms with E-state index < -0.39 is 12.1 Å². The maximum Gasteiger partial charge on any atom is 0.220 e. The number of amides is 1. The van der Waals surface area contributed by atoms with Crippen LogP contribution in [-0.2, 0) is 4.79 Å². The van der Waals surface area contributed by atoms with Crippen molar-refractivity contribution in [3.8, 4) is 0 Å². The molecule has 1 amide bonds. The number of hydrogen-bond acceptors (Lipinski definition) is 3. The summed E-state index contributed by atoms with van der Waals surface area (Å²) in [5.41, 5.74) is 0. The van der Waals surface area contributed by atoms with Gasteiger partial charge in [0.05, 0.1) is 18.8 Å². The molecule has 0 fully saturated rings. The van der Waals surface area contributed by atoms with E-state index in [9.17, 15) is 15.0 Å². The predicted octanol–water partition coefficient (Wildman–Crippen LogP) is 19.2. The fourth-order valence-electron chi connectivity index (χ4n) is 8.11. The Balaban J connectivity index is 3.65. The Hall–Kier alpha value is -3.21. The van der Waals surface area contributed by atoms with E-state index in [2.05, 4.69) is 129 Å². The quantitative estimate of drug-likeness (QED) is 0.0420. The number of aliphatic hydroxyl groups is 2. The molecule has 388 valence electrons. The number of unbranched alkanes of at least 4 members (excludes halogenated alkanes) is 26. The van der Waals surface area contributed by atoms with Crippen LogP contribution in [0.2, 0.25) is 0 Å². The number of rotatable bonds is 51. The highest BCUT2D eigenvalue weighted by Crippen LogP contribution is 2.16. The number of nitrogens with one attached hydrogen (secondary N) is 1. The number of carbonyl (C=O) groups excluding carboxylic acids is 1. The summed E-state index contributed by atoms with van der Waals surface area (Å²) >= 11 is 0. The fraction of sp³-hybridized carbons (Fsp3) is 0.672. The van der Waals surface area contributed by atoms with Crippen LogP contribution >= 0.6 is 0 Å². The van der Waals surface area contributed by atoms with Crippen LogP contribution in [0.4, 0.5) is 0 Å². The van der Waals surface area contributed by atoms with Crippen molar-refractivity contribution < 1.29 is 15.0 Å². The number of carbonyl (C=O) groups is 1. The van der Waals surface area contributed by atoms with Gasteiger partial charge in [0.1, 0.15) is 0 Å². The van der Waals surface area contributed by atoms with Gasteiger partial charge in [0, 0.05) is 6.42 Å². The van der Waals surface area contributed by atoms with Gasteiger partial charge in [0.25, 0.3) is 0 Å². The highest BCUT2D eigenvalue weighted by atomic mass is 16.3. The molecule has 0 radical (unpaired) electrons. The van der Waals surface area contributed by atoms with Crippen molar-refractivity contribution in [2.24, 2.45) is 0 Å². The zero-order chi connectivity index (χ0) is 49.2. The standard InChI is InChI=1S/C64H109NO3/c1-3-5-7-9-11-13-15-17-19-21-23-25-27-28-29-30-31-32-33-34-35-36-38-40-42-44-46-48-50-52-54-56-58-60-64(68)65-62(61-66)63(67)59-57-55-53-51-49-47-45-43-41-39-37-26-24-22-20-18-16-14-12-10-8-6-4-2/h5,7,11,13,17,19,23,25,28-29,31-32,34-35,38,40,44,46,57,59,62-63,66-67H,3-4,6,8-10,12,14-16,18,20-22,24,26-27,30,33,36-37,39,41-43,45,47-56,58,60-61H2,1-2H3,(H,65,68)/b7-5-,13-11-,19-17-,25-23-,29-28-,32-31-,35-34-,40-38-,46-44-,59-57+. The number of allylic oxidation sites excluding steroid dienone is 19. The van der Waals surface area contributed by atoms with E-state index in [4.69, 9.17) is 0 Å². The van der Waals surface area contributed by atoms with Gasteiger partial charge in [-0.2, -0.15) is 0 Å². The van der Waals surface area contributed by atoms with E-state index in [1.807, 2.05) is 6.08 Å². The van der Waals surface area contributed by atoms with Gasteiger partial charge in [0.2, 0.25) is 5.91 Å². The second-order valence-corrected chi connectivity index (χ2v) is 19.0. The second-order valence-electron chi connectivity index (χ2n) is 19.0. The highest BCUT2D eigenvalue weighted by molar-refractivity contribution is 5.76. The van der Waals surface area contributed by atoms with Gasteiger partial charge in [-0.15, -0.1) is 0 Å². The number of aliphatic hydroxyl groups excluding tert-OH is 2. The van der Waals surface area contributed by atoms with Crippen LogP contribution < -0.4 is 5.32 Å². The summed E-state index contributed by atoms with van der Waals surface area (Å²) in [5, 5.41) is 23.2. The fourth-order valence-corrected chi connectivity index (χ4v) is 8.11. The molecule has 4 nitrogen and oxygen atoms in total. The van der Waals surface area contributed by atoms with Crippen LogP contribution in [0, 0.1) is 0 Å². The normalized spacial score (nSPS) is 13.8. The molecule has 0 saturated carbocycles. The van der Waals surface area contributed by atoms with Crippen LogP contribution in [0.3, 0.4) is 0 Å². The molecule has 0 aliphatic carbocycles. The largest absolute Gasteiger partial charge is 0.394 e. The maximum absolute atomic E-state index is 12.5. The van der Waals surface area contributed by atoms with Crippen molar-refractivity contribution >= 4 is 5.91 Å². The molecule has 0 rings (SSSR count). The van der Waals surface area contributed by atoms with Gasteiger partial charge >= 0.3 is 0 Å². The summed E-state index contributed by atoms with van der Waals surface area (Å²) < 4.78 is 0. The Bertz CT molecular complexity index is 1340. The van der Waals surface area contributed by atoms with Crippen molar-refractivity contribution in [2.45, 2.75) is 270 Å². The van der Waals surface area contributed by atoms with Crippen molar-refractivity contribution in [3.05, 3.63) is 122 Å². The Morgan fingerprint density at radius 2 is 0.647 bits per heavy atom. The Morgan fingerprint density at radius 3 is 0.971 bits per heavy atom. The first-order chi connectivity index (χ1) is 33.7. The summed E-state index contributed by atoms with van der Waals surface area (Å²) in [4.78, 5) is 12.5. The lowest BCUT2D eigenvalue weighted by atomic mass is 10.0. The summed E-state index contributed by atoms with van der Waals surface area (Å²) in [7, 11) is 0. The van der Waals surface area contributed by atoms with Crippen LogP contribution in [0.5, 0.6) is 0 Å². The van der Waals surface area contributed by atoms with E-state index in [0.29, 0.717) is 6.42 Å². The topological polar surface area (TPSA) is 69.6 Å². The van der Waals surface area contributed by atoms with E-state index in [-0.39, 0.29) is 12.5 Å². The zero-order valence-corrected chi connectivity index (χ0v) is 44.6. The Labute approximate surface area is 422 Å². The summed E-state index contributed by atoms with van der Waals surface area (Å²) in [5.74, 6) is -0.0859. The lowest BCUT2D eigenvalue weighted by Gasteiger charge is -2.20. The van der Waals surface area contributed by atoms with E-state index in [1.54, 1.807) is 6.08 Å². The third-order valence-corrected chi connectivity index (χ3v) is 12.5. The summed E-state index contributed by atoms with van der Waals surface area (Å²) in [6, 6.07) is -0.643. The first kappa shape index (κ1) is 64.8. The van der Waals surface area contributed by atoms with Crippen molar-refractivity contribution in [1.82, 2.24) is 5.32 Å². The minimum Gasteiger partial charge on any atom is -0.394 e. The molecule has 0 aromatic heterocycles. The third-order valence-electron chi connectivity index (χ3n) is 12.5. The van der Waals surface area contributed by atoms with Gasteiger partial charge in [-0.25, -0.2) is 0 Å². The van der Waals surface area contributed by atoms with Crippen LogP contribution in [0.25, 0.3) is 0 Å². The molecule has 0 aliphatic heterocycles. The maximum atomic E-state index is 12.5. The average molecular weight is 941 g/mol. The molecule has 0 aromatic rings. The third kappa shape index (κ3) is 53.7. The van der Waals surface area contributed by atoms with Gasteiger partial charge in [-0.05, 0) is 89.9 Å². The molecule has 2 unspecified atom stereocenters.